The van der Waals surface area contributed by atoms with E-state index in [1.165, 1.54) is 32.2 Å². The van der Waals surface area contributed by atoms with Crippen molar-refractivity contribution in [1.82, 2.24) is 5.32 Å². The van der Waals surface area contributed by atoms with E-state index >= 15 is 0 Å². The van der Waals surface area contributed by atoms with Gasteiger partial charge in [0, 0.05) is 6.04 Å². The second-order valence-corrected chi connectivity index (χ2v) is 6.42. The maximum atomic E-state index is 3.79. The number of hydrogen-bond acceptors (Lipinski definition) is 1. The Bertz CT molecular complexity index is 184. The first kappa shape index (κ1) is 13.0. The van der Waals surface area contributed by atoms with Crippen LogP contribution in [-0.4, -0.2) is 12.6 Å². The van der Waals surface area contributed by atoms with Crippen molar-refractivity contribution >= 4 is 0 Å². The summed E-state index contributed by atoms with van der Waals surface area (Å²) in [4.78, 5) is 0. The Morgan fingerprint density at radius 1 is 1.20 bits per heavy atom. The van der Waals surface area contributed by atoms with Crippen molar-refractivity contribution in [2.24, 2.45) is 17.3 Å². The average Bonchev–Trinajstić information content (AvgIpc) is 2.14. The minimum atomic E-state index is 0.509. The zero-order valence-electron chi connectivity index (χ0n) is 11.3. The van der Waals surface area contributed by atoms with E-state index in [1.54, 1.807) is 0 Å². The van der Waals surface area contributed by atoms with Crippen LogP contribution in [0.2, 0.25) is 0 Å². The molecule has 1 aliphatic carbocycles. The van der Waals surface area contributed by atoms with Gasteiger partial charge in [-0.25, -0.2) is 0 Å². The van der Waals surface area contributed by atoms with E-state index in [1.807, 2.05) is 0 Å². The maximum Gasteiger partial charge on any atom is 0.0118 e. The van der Waals surface area contributed by atoms with Crippen LogP contribution in [0.4, 0.5) is 0 Å². The lowest BCUT2D eigenvalue weighted by molar-refractivity contribution is 0.160. The van der Waals surface area contributed by atoms with E-state index in [4.69, 9.17) is 0 Å². The summed E-state index contributed by atoms with van der Waals surface area (Å²) in [6.45, 7) is 13.0. The lowest BCUT2D eigenvalue weighted by Crippen LogP contribution is -2.45. The Labute approximate surface area is 96.0 Å². The average molecular weight is 211 g/mol. The summed E-state index contributed by atoms with van der Waals surface area (Å²) in [5.41, 5.74) is 0.509. The molecule has 0 heterocycles. The van der Waals surface area contributed by atoms with E-state index in [-0.39, 0.29) is 0 Å². The molecule has 0 spiro atoms. The fraction of sp³-hybridized carbons (Fsp3) is 1.00. The molecule has 2 atom stereocenters. The molecular weight excluding hydrogens is 182 g/mol. The summed E-state index contributed by atoms with van der Waals surface area (Å²) in [5, 5.41) is 3.79. The van der Waals surface area contributed by atoms with Gasteiger partial charge in [0.1, 0.15) is 0 Å². The predicted octanol–water partition coefficient (Wildman–Crippen LogP) is 3.84. The van der Waals surface area contributed by atoms with Crippen LogP contribution in [0.1, 0.15) is 60.3 Å². The third-order valence-corrected chi connectivity index (χ3v) is 4.33. The fourth-order valence-electron chi connectivity index (χ4n) is 2.44. The number of nitrogens with one attached hydrogen (secondary N) is 1. The van der Waals surface area contributed by atoms with Crippen molar-refractivity contribution in [2.75, 3.05) is 6.54 Å². The van der Waals surface area contributed by atoms with Gasteiger partial charge in [-0.05, 0) is 36.6 Å². The third kappa shape index (κ3) is 3.79. The lowest BCUT2D eigenvalue weighted by Gasteiger charge is -2.40. The second-order valence-electron chi connectivity index (χ2n) is 6.42. The third-order valence-electron chi connectivity index (χ3n) is 4.33. The molecule has 1 aliphatic rings. The van der Waals surface area contributed by atoms with E-state index in [0.717, 1.165) is 17.9 Å². The highest BCUT2D eigenvalue weighted by Crippen LogP contribution is 2.35. The topological polar surface area (TPSA) is 12.0 Å². The molecule has 0 aromatic heterocycles. The second kappa shape index (κ2) is 5.34. The van der Waals surface area contributed by atoms with Crippen molar-refractivity contribution in [3.05, 3.63) is 0 Å². The molecule has 1 nitrogen and oxygen atoms in total. The summed E-state index contributed by atoms with van der Waals surface area (Å²) < 4.78 is 0. The highest BCUT2D eigenvalue weighted by molar-refractivity contribution is 4.88. The van der Waals surface area contributed by atoms with Gasteiger partial charge >= 0.3 is 0 Å². The molecular formula is C14H29N. The predicted molar refractivity (Wildman–Crippen MR) is 68.0 cm³/mol. The summed E-state index contributed by atoms with van der Waals surface area (Å²) in [6.07, 6.45) is 5.60. The SMILES string of the molecule is CC(C)C(C)CNC1CCCCC1(C)C. The van der Waals surface area contributed by atoms with Gasteiger partial charge in [0.15, 0.2) is 0 Å². The van der Waals surface area contributed by atoms with Crippen molar-refractivity contribution in [3.63, 3.8) is 0 Å². The van der Waals surface area contributed by atoms with Gasteiger partial charge < -0.3 is 5.32 Å². The van der Waals surface area contributed by atoms with E-state index < -0.39 is 0 Å². The molecule has 15 heavy (non-hydrogen) atoms. The van der Waals surface area contributed by atoms with Crippen molar-refractivity contribution < 1.29 is 0 Å². The molecule has 1 saturated carbocycles. The first-order valence-corrected chi connectivity index (χ1v) is 6.67. The number of hydrogen-bond donors (Lipinski definition) is 1. The van der Waals surface area contributed by atoms with Crippen LogP contribution in [0.25, 0.3) is 0 Å². The van der Waals surface area contributed by atoms with Gasteiger partial charge in [0.05, 0.1) is 0 Å². The monoisotopic (exact) mass is 211 g/mol. The van der Waals surface area contributed by atoms with Crippen molar-refractivity contribution in [2.45, 2.75) is 66.3 Å². The molecule has 0 amide bonds. The van der Waals surface area contributed by atoms with Crippen LogP contribution in [-0.2, 0) is 0 Å². The fourth-order valence-corrected chi connectivity index (χ4v) is 2.44. The molecule has 0 aromatic carbocycles. The summed E-state index contributed by atoms with van der Waals surface area (Å²) in [6, 6.07) is 0.743. The van der Waals surface area contributed by atoms with Crippen LogP contribution >= 0.6 is 0 Å². The smallest absolute Gasteiger partial charge is 0.0118 e. The summed E-state index contributed by atoms with van der Waals surface area (Å²) in [5.74, 6) is 1.59. The van der Waals surface area contributed by atoms with Gasteiger partial charge in [-0.3, -0.25) is 0 Å². The van der Waals surface area contributed by atoms with Gasteiger partial charge in [-0.1, -0.05) is 47.5 Å². The molecule has 0 aliphatic heterocycles. The summed E-state index contributed by atoms with van der Waals surface area (Å²) >= 11 is 0. The Kier molecular flexibility index (Phi) is 4.64. The molecule has 2 unspecified atom stereocenters. The highest BCUT2D eigenvalue weighted by atomic mass is 14.9. The van der Waals surface area contributed by atoms with E-state index in [9.17, 15) is 0 Å². The molecule has 1 N–H and O–H groups in total. The minimum Gasteiger partial charge on any atom is -0.313 e. The quantitative estimate of drug-likeness (QED) is 0.745. The molecule has 1 heteroatoms. The molecule has 0 saturated heterocycles. The Hall–Kier alpha value is -0.0400. The van der Waals surface area contributed by atoms with E-state index in [2.05, 4.69) is 39.9 Å². The zero-order valence-corrected chi connectivity index (χ0v) is 11.3. The van der Waals surface area contributed by atoms with Crippen LogP contribution in [0, 0.1) is 17.3 Å². The minimum absolute atomic E-state index is 0.509. The normalized spacial score (nSPS) is 28.0. The number of rotatable bonds is 4. The van der Waals surface area contributed by atoms with Crippen LogP contribution < -0.4 is 5.32 Å². The Balaban J connectivity index is 2.36. The Morgan fingerprint density at radius 3 is 2.40 bits per heavy atom. The van der Waals surface area contributed by atoms with Gasteiger partial charge in [0.2, 0.25) is 0 Å². The zero-order chi connectivity index (χ0) is 11.5. The first-order valence-electron chi connectivity index (χ1n) is 6.67. The first-order chi connectivity index (χ1) is 6.93. The molecule has 0 bridgehead atoms. The standard InChI is InChI=1S/C14H29N/c1-11(2)12(3)10-15-13-8-6-7-9-14(13,4)5/h11-13,15H,6-10H2,1-5H3. The molecule has 1 fully saturated rings. The molecule has 0 radical (unpaired) electrons. The summed E-state index contributed by atoms with van der Waals surface area (Å²) in [7, 11) is 0. The molecule has 90 valence electrons. The van der Waals surface area contributed by atoms with Crippen LogP contribution in [0.15, 0.2) is 0 Å². The molecule has 0 aromatic rings. The highest BCUT2D eigenvalue weighted by Gasteiger charge is 2.31. The Morgan fingerprint density at radius 2 is 1.87 bits per heavy atom. The van der Waals surface area contributed by atoms with Crippen molar-refractivity contribution in [1.29, 1.82) is 0 Å². The van der Waals surface area contributed by atoms with Gasteiger partial charge in [-0.2, -0.15) is 0 Å². The van der Waals surface area contributed by atoms with Crippen LogP contribution in [0.3, 0.4) is 0 Å². The lowest BCUT2D eigenvalue weighted by atomic mass is 9.73. The largest absolute Gasteiger partial charge is 0.313 e. The van der Waals surface area contributed by atoms with Crippen molar-refractivity contribution in [3.8, 4) is 0 Å². The molecule has 1 rings (SSSR count). The van der Waals surface area contributed by atoms with Gasteiger partial charge in [0.25, 0.3) is 0 Å². The van der Waals surface area contributed by atoms with Crippen LogP contribution in [0.5, 0.6) is 0 Å². The maximum absolute atomic E-state index is 3.79. The van der Waals surface area contributed by atoms with Gasteiger partial charge in [-0.15, -0.1) is 0 Å². The van der Waals surface area contributed by atoms with E-state index in [0.29, 0.717) is 5.41 Å².